The van der Waals surface area contributed by atoms with Crippen LogP contribution in [0.4, 0.5) is 5.69 Å². The average Bonchev–Trinajstić information content (AvgIpc) is 3.30. The molecule has 1 aromatic carbocycles. The van der Waals surface area contributed by atoms with E-state index in [4.69, 9.17) is 17.0 Å². The number of anilines is 1. The number of aromatic nitrogens is 2. The van der Waals surface area contributed by atoms with Crippen LogP contribution in [0.1, 0.15) is 37.3 Å². The molecule has 5 nitrogen and oxygen atoms in total. The molecule has 0 saturated carbocycles. The third-order valence-corrected chi connectivity index (χ3v) is 4.84. The molecule has 1 aliphatic heterocycles. The summed E-state index contributed by atoms with van der Waals surface area (Å²) in [5.74, 6) is 0.851. The summed E-state index contributed by atoms with van der Waals surface area (Å²) in [6.07, 6.45) is 3.89. The number of H-pyrrole nitrogens is 1. The van der Waals surface area contributed by atoms with E-state index in [1.165, 1.54) is 0 Å². The maximum Gasteiger partial charge on any atom is 0.174 e. The van der Waals surface area contributed by atoms with Crippen molar-refractivity contribution in [3.05, 3.63) is 78.4 Å². The Labute approximate surface area is 164 Å². The molecule has 27 heavy (non-hydrogen) atoms. The molecule has 3 aromatic rings. The van der Waals surface area contributed by atoms with Crippen LogP contribution in [0.25, 0.3) is 0 Å². The van der Waals surface area contributed by atoms with Crippen molar-refractivity contribution >= 4 is 23.0 Å². The highest BCUT2D eigenvalue weighted by Gasteiger charge is 2.41. The smallest absolute Gasteiger partial charge is 0.174 e. The molecule has 6 heteroatoms. The highest BCUT2D eigenvalue weighted by atomic mass is 32.1. The topological polar surface area (TPSA) is 53.2 Å². The zero-order chi connectivity index (χ0) is 18.8. The van der Waals surface area contributed by atoms with Crippen molar-refractivity contribution in [3.63, 3.8) is 0 Å². The summed E-state index contributed by atoms with van der Waals surface area (Å²) in [6.45, 7) is 4.04. The SMILES string of the molecule is CC(C)Oc1ccc(N2C(=S)N[C@H](c3ccccn3)[C@H]2c2ccc[nH]2)cc1. The summed E-state index contributed by atoms with van der Waals surface area (Å²) in [5, 5.41) is 4.13. The fraction of sp³-hybridized carbons (Fsp3) is 0.238. The fourth-order valence-electron chi connectivity index (χ4n) is 3.43. The third-order valence-electron chi connectivity index (χ3n) is 4.53. The Kier molecular flexibility index (Phi) is 4.81. The van der Waals surface area contributed by atoms with Gasteiger partial charge in [-0.05, 0) is 74.6 Å². The minimum atomic E-state index is -0.0380. The van der Waals surface area contributed by atoms with E-state index in [1.54, 1.807) is 0 Å². The largest absolute Gasteiger partial charge is 0.491 e. The lowest BCUT2D eigenvalue weighted by Gasteiger charge is -2.27. The lowest BCUT2D eigenvalue weighted by atomic mass is 10.0. The number of nitrogens with one attached hydrogen (secondary N) is 2. The molecule has 0 bridgehead atoms. The number of benzene rings is 1. The van der Waals surface area contributed by atoms with Gasteiger partial charge in [0.2, 0.25) is 0 Å². The van der Waals surface area contributed by atoms with E-state index in [0.29, 0.717) is 5.11 Å². The van der Waals surface area contributed by atoms with Gasteiger partial charge in [-0.15, -0.1) is 0 Å². The fourth-order valence-corrected chi connectivity index (χ4v) is 3.78. The van der Waals surface area contributed by atoms with Crippen LogP contribution in [0.2, 0.25) is 0 Å². The van der Waals surface area contributed by atoms with E-state index in [2.05, 4.69) is 26.3 Å². The Bertz CT molecular complexity index is 894. The van der Waals surface area contributed by atoms with Gasteiger partial charge >= 0.3 is 0 Å². The van der Waals surface area contributed by atoms with Crippen LogP contribution in [-0.2, 0) is 0 Å². The first-order chi connectivity index (χ1) is 13.1. The van der Waals surface area contributed by atoms with Crippen LogP contribution in [0.3, 0.4) is 0 Å². The lowest BCUT2D eigenvalue weighted by molar-refractivity contribution is 0.242. The Morgan fingerprint density at radius 1 is 1.07 bits per heavy atom. The molecule has 0 radical (unpaired) electrons. The van der Waals surface area contributed by atoms with Gasteiger partial charge in [-0.2, -0.15) is 0 Å². The zero-order valence-electron chi connectivity index (χ0n) is 15.3. The van der Waals surface area contributed by atoms with E-state index in [0.717, 1.165) is 22.8 Å². The minimum absolute atomic E-state index is 0.0146. The minimum Gasteiger partial charge on any atom is -0.491 e. The van der Waals surface area contributed by atoms with Crippen LogP contribution in [0, 0.1) is 0 Å². The highest BCUT2D eigenvalue weighted by Crippen LogP contribution is 2.41. The van der Waals surface area contributed by atoms with Gasteiger partial charge in [0.1, 0.15) is 11.8 Å². The number of nitrogens with zero attached hydrogens (tertiary/aromatic N) is 2. The van der Waals surface area contributed by atoms with Crippen LogP contribution < -0.4 is 15.0 Å². The summed E-state index contributed by atoms with van der Waals surface area (Å²) in [4.78, 5) is 10.0. The number of rotatable bonds is 5. The van der Waals surface area contributed by atoms with Crippen LogP contribution in [0.5, 0.6) is 5.75 Å². The quantitative estimate of drug-likeness (QED) is 0.646. The molecule has 1 saturated heterocycles. The normalized spacial score (nSPS) is 19.4. The van der Waals surface area contributed by atoms with Crippen molar-refractivity contribution in [1.29, 1.82) is 0 Å². The molecule has 2 atom stereocenters. The first kappa shape index (κ1) is 17.5. The summed E-state index contributed by atoms with van der Waals surface area (Å²) in [5.41, 5.74) is 3.06. The average molecular weight is 379 g/mol. The Balaban J connectivity index is 1.71. The Morgan fingerprint density at radius 3 is 2.52 bits per heavy atom. The Morgan fingerprint density at radius 2 is 1.89 bits per heavy atom. The number of ether oxygens (including phenoxy) is 1. The summed E-state index contributed by atoms with van der Waals surface area (Å²) in [6, 6.07) is 18.0. The number of pyridine rings is 1. The van der Waals surface area contributed by atoms with Gasteiger partial charge in [0.05, 0.1) is 17.8 Å². The summed E-state index contributed by atoms with van der Waals surface area (Å²) < 4.78 is 5.77. The molecule has 138 valence electrons. The van der Waals surface area contributed by atoms with Crippen molar-refractivity contribution in [3.8, 4) is 5.75 Å². The number of thiocarbonyl (C=S) groups is 1. The molecule has 4 rings (SSSR count). The number of aromatic amines is 1. The zero-order valence-corrected chi connectivity index (χ0v) is 16.1. The predicted molar refractivity (Wildman–Crippen MR) is 111 cm³/mol. The van der Waals surface area contributed by atoms with Gasteiger partial charge in [0.25, 0.3) is 0 Å². The molecule has 0 aliphatic carbocycles. The van der Waals surface area contributed by atoms with Crippen LogP contribution >= 0.6 is 12.2 Å². The molecule has 3 heterocycles. The molecular formula is C21H22N4OS. The van der Waals surface area contributed by atoms with Gasteiger partial charge in [-0.25, -0.2) is 0 Å². The van der Waals surface area contributed by atoms with Crippen molar-refractivity contribution in [2.45, 2.75) is 32.0 Å². The molecule has 0 spiro atoms. The maximum atomic E-state index is 5.77. The van der Waals surface area contributed by atoms with E-state index >= 15 is 0 Å². The molecule has 1 fully saturated rings. The van der Waals surface area contributed by atoms with Gasteiger partial charge < -0.3 is 19.9 Å². The lowest BCUT2D eigenvalue weighted by Crippen LogP contribution is -2.29. The molecular weight excluding hydrogens is 356 g/mol. The second-order valence-electron chi connectivity index (χ2n) is 6.78. The van der Waals surface area contributed by atoms with Crippen molar-refractivity contribution in [1.82, 2.24) is 15.3 Å². The second kappa shape index (κ2) is 7.40. The molecule has 0 amide bonds. The van der Waals surface area contributed by atoms with Crippen LogP contribution in [-0.4, -0.2) is 21.2 Å². The van der Waals surface area contributed by atoms with Crippen molar-refractivity contribution in [2.24, 2.45) is 0 Å². The van der Waals surface area contributed by atoms with E-state index in [-0.39, 0.29) is 18.2 Å². The summed E-state index contributed by atoms with van der Waals surface area (Å²) >= 11 is 5.70. The number of hydrogen-bond donors (Lipinski definition) is 2. The van der Waals surface area contributed by atoms with E-state index < -0.39 is 0 Å². The van der Waals surface area contributed by atoms with Gasteiger partial charge in [-0.1, -0.05) is 6.07 Å². The maximum absolute atomic E-state index is 5.77. The molecule has 2 N–H and O–H groups in total. The van der Waals surface area contributed by atoms with E-state index in [9.17, 15) is 0 Å². The highest BCUT2D eigenvalue weighted by molar-refractivity contribution is 7.80. The second-order valence-corrected chi connectivity index (χ2v) is 7.17. The molecule has 2 aromatic heterocycles. The Hall–Kier alpha value is -2.86. The predicted octanol–water partition coefficient (Wildman–Crippen LogP) is 4.37. The van der Waals surface area contributed by atoms with Gasteiger partial charge in [0.15, 0.2) is 5.11 Å². The first-order valence-corrected chi connectivity index (χ1v) is 9.45. The van der Waals surface area contributed by atoms with Crippen molar-refractivity contribution in [2.75, 3.05) is 4.90 Å². The monoisotopic (exact) mass is 378 g/mol. The standard InChI is InChI=1S/C21H22N4OS/c1-14(2)26-16-10-8-15(9-11-16)25-20(18-7-5-13-23-18)19(24-21(25)27)17-6-3-4-12-22-17/h3-14,19-20,23H,1-2H3,(H,24,27)/t19-,20-/m1/s1. The van der Waals surface area contributed by atoms with Crippen LogP contribution in [0.15, 0.2) is 67.0 Å². The molecule has 0 unspecified atom stereocenters. The van der Waals surface area contributed by atoms with Crippen molar-refractivity contribution < 1.29 is 4.74 Å². The first-order valence-electron chi connectivity index (χ1n) is 9.04. The van der Waals surface area contributed by atoms with Gasteiger partial charge in [0, 0.05) is 23.8 Å². The van der Waals surface area contributed by atoms with Gasteiger partial charge in [-0.3, -0.25) is 4.98 Å². The van der Waals surface area contributed by atoms with E-state index in [1.807, 2.05) is 74.8 Å². The molecule has 1 aliphatic rings. The third kappa shape index (κ3) is 3.53. The number of hydrogen-bond acceptors (Lipinski definition) is 3. The summed E-state index contributed by atoms with van der Waals surface area (Å²) in [7, 11) is 0.